The number of benzene rings is 3. The van der Waals surface area contributed by atoms with Gasteiger partial charge in [0, 0.05) is 11.4 Å². The van der Waals surface area contributed by atoms with Crippen molar-refractivity contribution in [3.05, 3.63) is 88.5 Å². The number of nitrogens with one attached hydrogen (secondary N) is 3. The topological polar surface area (TPSA) is 109 Å². The Kier molecular flexibility index (Phi) is 8.34. The normalized spacial score (nSPS) is 10.6. The minimum Gasteiger partial charge on any atom is -0.484 e. The number of ether oxygens (including phenoxy) is 1. The highest BCUT2D eigenvalue weighted by Crippen LogP contribution is 2.20. The van der Waals surface area contributed by atoms with Gasteiger partial charge < -0.3 is 15.4 Å². The lowest BCUT2D eigenvalue weighted by molar-refractivity contribution is -0.136. The van der Waals surface area contributed by atoms with Gasteiger partial charge in [0.15, 0.2) is 6.61 Å². The van der Waals surface area contributed by atoms with Crippen molar-refractivity contribution < 1.29 is 19.1 Å². The summed E-state index contributed by atoms with van der Waals surface area (Å²) in [6.45, 7) is 7.44. The van der Waals surface area contributed by atoms with E-state index >= 15 is 0 Å². The van der Waals surface area contributed by atoms with Crippen LogP contribution in [0.25, 0.3) is 0 Å². The number of amides is 3. The van der Waals surface area contributed by atoms with E-state index in [2.05, 4.69) is 21.2 Å². The van der Waals surface area contributed by atoms with Crippen LogP contribution in [-0.4, -0.2) is 30.5 Å². The van der Waals surface area contributed by atoms with Gasteiger partial charge in [0.05, 0.1) is 6.21 Å². The van der Waals surface area contributed by atoms with Gasteiger partial charge in [-0.15, -0.1) is 0 Å². The Morgan fingerprint density at radius 3 is 1.80 bits per heavy atom. The summed E-state index contributed by atoms with van der Waals surface area (Å²) in [5, 5.41) is 9.30. The number of hydrogen-bond donors (Lipinski definition) is 3. The van der Waals surface area contributed by atoms with Crippen LogP contribution in [0.3, 0.4) is 0 Å². The van der Waals surface area contributed by atoms with Crippen molar-refractivity contribution >= 4 is 35.3 Å². The van der Waals surface area contributed by atoms with E-state index in [9.17, 15) is 14.4 Å². The Bertz CT molecular complexity index is 1230. The van der Waals surface area contributed by atoms with Crippen molar-refractivity contribution in [3.63, 3.8) is 0 Å². The second-order valence-electron chi connectivity index (χ2n) is 8.09. The second-order valence-corrected chi connectivity index (χ2v) is 8.09. The first-order valence-electron chi connectivity index (χ1n) is 11.0. The minimum atomic E-state index is -0.876. The molecule has 0 heterocycles. The Balaban J connectivity index is 1.47. The number of para-hydroxylation sites is 2. The molecule has 0 radical (unpaired) electrons. The highest BCUT2D eigenvalue weighted by Gasteiger charge is 2.15. The van der Waals surface area contributed by atoms with Gasteiger partial charge in [-0.05, 0) is 79.8 Å². The highest BCUT2D eigenvalue weighted by molar-refractivity contribution is 6.39. The molecule has 0 spiro atoms. The van der Waals surface area contributed by atoms with Crippen LogP contribution in [0.2, 0.25) is 0 Å². The van der Waals surface area contributed by atoms with Gasteiger partial charge in [0.1, 0.15) is 5.75 Å². The Labute approximate surface area is 204 Å². The summed E-state index contributed by atoms with van der Waals surface area (Å²) in [5.74, 6) is -1.42. The number of aryl methyl sites for hydroxylation is 4. The number of hydrazone groups is 1. The summed E-state index contributed by atoms with van der Waals surface area (Å²) in [5.41, 5.74) is 7.97. The summed E-state index contributed by atoms with van der Waals surface area (Å²) in [6.07, 6.45) is 1.40. The molecule has 0 atom stereocenters. The summed E-state index contributed by atoms with van der Waals surface area (Å²) in [4.78, 5) is 36.4. The molecular weight excluding hydrogens is 444 g/mol. The molecule has 0 saturated carbocycles. The molecule has 0 aromatic heterocycles. The van der Waals surface area contributed by atoms with Crippen molar-refractivity contribution in [2.75, 3.05) is 17.2 Å². The van der Waals surface area contributed by atoms with Crippen molar-refractivity contribution in [2.45, 2.75) is 27.7 Å². The van der Waals surface area contributed by atoms with E-state index in [0.717, 1.165) is 27.9 Å². The fraction of sp³-hybridized carbons (Fsp3) is 0.185. The molecule has 180 valence electrons. The first kappa shape index (κ1) is 25.2. The number of anilines is 2. The molecular formula is C27H28N4O4. The third kappa shape index (κ3) is 7.01. The summed E-state index contributed by atoms with van der Waals surface area (Å²) in [7, 11) is 0. The van der Waals surface area contributed by atoms with Crippen LogP contribution in [-0.2, 0) is 14.4 Å². The van der Waals surface area contributed by atoms with Gasteiger partial charge in [0.25, 0.3) is 5.91 Å². The van der Waals surface area contributed by atoms with Crippen LogP contribution in [0.1, 0.15) is 27.8 Å². The van der Waals surface area contributed by atoms with Gasteiger partial charge in [-0.1, -0.05) is 36.4 Å². The second kappa shape index (κ2) is 11.6. The zero-order chi connectivity index (χ0) is 25.4. The lowest BCUT2D eigenvalue weighted by Gasteiger charge is -2.12. The maximum absolute atomic E-state index is 12.2. The van der Waals surface area contributed by atoms with Crippen LogP contribution in [0.4, 0.5) is 11.4 Å². The number of nitrogens with zero attached hydrogens (tertiary/aromatic N) is 1. The fourth-order valence-corrected chi connectivity index (χ4v) is 3.38. The molecule has 3 rings (SSSR count). The average Bonchev–Trinajstić information content (AvgIpc) is 2.83. The monoisotopic (exact) mass is 472 g/mol. The molecule has 0 aliphatic heterocycles. The van der Waals surface area contributed by atoms with Crippen molar-refractivity contribution in [1.82, 2.24) is 5.43 Å². The maximum atomic E-state index is 12.2. The van der Waals surface area contributed by atoms with Crippen LogP contribution in [0, 0.1) is 27.7 Å². The maximum Gasteiger partial charge on any atom is 0.329 e. The van der Waals surface area contributed by atoms with Crippen LogP contribution in [0.5, 0.6) is 5.75 Å². The smallest absolute Gasteiger partial charge is 0.329 e. The molecule has 3 aromatic carbocycles. The van der Waals surface area contributed by atoms with E-state index in [-0.39, 0.29) is 12.5 Å². The Morgan fingerprint density at radius 1 is 0.743 bits per heavy atom. The van der Waals surface area contributed by atoms with E-state index in [1.54, 1.807) is 24.3 Å². The zero-order valence-corrected chi connectivity index (χ0v) is 20.1. The lowest BCUT2D eigenvalue weighted by atomic mass is 10.1. The van der Waals surface area contributed by atoms with E-state index in [1.807, 2.05) is 64.1 Å². The molecule has 35 heavy (non-hydrogen) atoms. The number of carbonyl (C=O) groups excluding carboxylic acids is 3. The lowest BCUT2D eigenvalue weighted by Crippen LogP contribution is -2.32. The molecule has 0 fully saturated rings. The quantitative estimate of drug-likeness (QED) is 0.274. The van der Waals surface area contributed by atoms with Crippen molar-refractivity contribution in [2.24, 2.45) is 5.10 Å². The largest absolute Gasteiger partial charge is 0.484 e. The third-order valence-corrected chi connectivity index (χ3v) is 5.30. The molecule has 0 unspecified atom stereocenters. The molecule has 0 saturated heterocycles. The van der Waals surface area contributed by atoms with E-state index < -0.39 is 11.8 Å². The Hall–Kier alpha value is -4.46. The molecule has 3 aromatic rings. The van der Waals surface area contributed by atoms with Gasteiger partial charge in [-0.3, -0.25) is 14.4 Å². The average molecular weight is 473 g/mol. The van der Waals surface area contributed by atoms with Gasteiger partial charge in [-0.2, -0.15) is 5.10 Å². The van der Waals surface area contributed by atoms with Crippen LogP contribution in [0.15, 0.2) is 65.8 Å². The molecule has 0 aliphatic rings. The standard InChI is InChI=1S/C27H28N4O4/c1-17-7-5-8-18(2)24(17)29-23(32)16-35-22-13-11-21(12-14-22)15-28-31-27(34)26(33)30-25-19(3)9-6-10-20(25)4/h5-15H,16H2,1-4H3,(H,29,32)(H,30,33)(H,31,34)/b28-15-. The van der Waals surface area contributed by atoms with Crippen LogP contribution < -0.4 is 20.8 Å². The first-order valence-corrected chi connectivity index (χ1v) is 11.0. The first-order chi connectivity index (χ1) is 16.7. The van der Waals surface area contributed by atoms with Gasteiger partial charge in [-0.25, -0.2) is 5.43 Å². The number of hydrogen-bond acceptors (Lipinski definition) is 5. The minimum absolute atomic E-state index is 0.132. The van der Waals surface area contributed by atoms with E-state index in [1.165, 1.54) is 6.21 Å². The van der Waals surface area contributed by atoms with Crippen molar-refractivity contribution in [3.8, 4) is 5.75 Å². The van der Waals surface area contributed by atoms with Gasteiger partial charge in [0.2, 0.25) is 0 Å². The predicted octanol–water partition coefficient (Wildman–Crippen LogP) is 4.03. The SMILES string of the molecule is Cc1cccc(C)c1NC(=O)COc1ccc(/C=N\NC(=O)C(=O)Nc2c(C)cccc2C)cc1. The summed E-state index contributed by atoms with van der Waals surface area (Å²) in [6, 6.07) is 18.2. The van der Waals surface area contributed by atoms with Crippen LogP contribution >= 0.6 is 0 Å². The highest BCUT2D eigenvalue weighted by atomic mass is 16.5. The third-order valence-electron chi connectivity index (χ3n) is 5.30. The fourth-order valence-electron chi connectivity index (χ4n) is 3.38. The number of rotatable bonds is 7. The molecule has 8 heteroatoms. The molecule has 3 N–H and O–H groups in total. The summed E-state index contributed by atoms with van der Waals surface area (Å²) < 4.78 is 5.55. The van der Waals surface area contributed by atoms with Gasteiger partial charge >= 0.3 is 11.8 Å². The Morgan fingerprint density at radius 2 is 1.26 bits per heavy atom. The van der Waals surface area contributed by atoms with Crippen molar-refractivity contribution in [1.29, 1.82) is 0 Å². The molecule has 3 amide bonds. The molecule has 0 aliphatic carbocycles. The number of carbonyl (C=O) groups is 3. The van der Waals surface area contributed by atoms with E-state index in [4.69, 9.17) is 4.74 Å². The summed E-state index contributed by atoms with van der Waals surface area (Å²) >= 11 is 0. The zero-order valence-electron chi connectivity index (χ0n) is 20.1. The molecule has 8 nitrogen and oxygen atoms in total. The predicted molar refractivity (Wildman–Crippen MR) is 137 cm³/mol. The molecule has 0 bridgehead atoms. The van der Waals surface area contributed by atoms with E-state index in [0.29, 0.717) is 17.0 Å².